The van der Waals surface area contributed by atoms with Gasteiger partial charge in [-0.3, -0.25) is 4.57 Å². The van der Waals surface area contributed by atoms with E-state index >= 15 is 0 Å². The number of methoxy groups -OCH3 is 1. The summed E-state index contributed by atoms with van der Waals surface area (Å²) in [5.41, 5.74) is 1.90. The second kappa shape index (κ2) is 7.28. The van der Waals surface area contributed by atoms with Crippen LogP contribution >= 0.6 is 7.60 Å². The van der Waals surface area contributed by atoms with E-state index in [1.54, 1.807) is 13.4 Å². The first-order valence-electron chi connectivity index (χ1n) is 8.46. The van der Waals surface area contributed by atoms with Gasteiger partial charge in [-0.05, 0) is 49.8 Å². The average molecular weight is 365 g/mol. The maximum absolute atomic E-state index is 11.1. The summed E-state index contributed by atoms with van der Waals surface area (Å²) in [6.07, 6.45) is 3.94. The number of hydrogen-bond donors (Lipinski definition) is 2. The molecule has 1 aliphatic rings. The summed E-state index contributed by atoms with van der Waals surface area (Å²) < 4.78 is 16.5. The van der Waals surface area contributed by atoms with Crippen LogP contribution in [-0.2, 0) is 4.57 Å². The van der Waals surface area contributed by atoms with E-state index in [1.807, 2.05) is 13.0 Å². The maximum atomic E-state index is 11.1. The van der Waals surface area contributed by atoms with Crippen LogP contribution in [0, 0.1) is 12.8 Å². The number of hydrogen-bond acceptors (Lipinski definition) is 5. The topological polar surface area (TPSA) is 95.8 Å². The van der Waals surface area contributed by atoms with Crippen molar-refractivity contribution in [1.82, 2.24) is 9.97 Å². The number of benzene rings is 1. The van der Waals surface area contributed by atoms with Crippen LogP contribution < -0.4 is 9.64 Å². The van der Waals surface area contributed by atoms with Crippen molar-refractivity contribution < 1.29 is 19.1 Å². The van der Waals surface area contributed by atoms with E-state index in [9.17, 15) is 4.57 Å². The van der Waals surface area contributed by atoms with E-state index < -0.39 is 7.60 Å². The molecule has 0 saturated carbocycles. The number of piperidine rings is 1. The van der Waals surface area contributed by atoms with Crippen molar-refractivity contribution in [2.24, 2.45) is 5.92 Å². The molecule has 0 unspecified atom stereocenters. The zero-order chi connectivity index (χ0) is 18.0. The molecule has 0 atom stereocenters. The summed E-state index contributed by atoms with van der Waals surface area (Å²) in [4.78, 5) is 29.2. The van der Waals surface area contributed by atoms with Gasteiger partial charge in [0.25, 0.3) is 0 Å². The van der Waals surface area contributed by atoms with E-state index in [1.165, 1.54) is 0 Å². The lowest BCUT2D eigenvalue weighted by Crippen LogP contribution is -2.34. The normalized spacial score (nSPS) is 16.4. The van der Waals surface area contributed by atoms with Crippen LogP contribution in [-0.4, -0.2) is 46.1 Å². The van der Waals surface area contributed by atoms with Crippen molar-refractivity contribution in [3.63, 3.8) is 0 Å². The number of ether oxygens (including phenoxy) is 1. The molecule has 2 heterocycles. The number of rotatable bonds is 5. The molecule has 1 fully saturated rings. The first kappa shape index (κ1) is 18.1. The Bertz CT molecular complexity index is 800. The van der Waals surface area contributed by atoms with Crippen molar-refractivity contribution in [1.29, 1.82) is 0 Å². The van der Waals surface area contributed by atoms with Gasteiger partial charge in [0.05, 0.1) is 13.3 Å². The van der Waals surface area contributed by atoms with E-state index in [-0.39, 0.29) is 6.16 Å². The first-order valence-corrected chi connectivity index (χ1v) is 10.3. The molecule has 3 rings (SSSR count). The van der Waals surface area contributed by atoms with Gasteiger partial charge >= 0.3 is 7.60 Å². The molecule has 0 radical (unpaired) electrons. The van der Waals surface area contributed by atoms with Crippen LogP contribution in [0.4, 0.5) is 5.82 Å². The fourth-order valence-corrected chi connectivity index (χ4v) is 4.15. The molecule has 0 aliphatic carbocycles. The first-order chi connectivity index (χ1) is 11.9. The molecular formula is C17H24N3O4P. The van der Waals surface area contributed by atoms with Crippen molar-refractivity contribution >= 4 is 24.3 Å². The zero-order valence-electron chi connectivity index (χ0n) is 14.6. The Hall–Kier alpha value is -1.69. The fourth-order valence-electron chi connectivity index (χ4n) is 3.45. The van der Waals surface area contributed by atoms with Gasteiger partial charge in [-0.1, -0.05) is 0 Å². The Morgan fingerprint density at radius 3 is 2.64 bits per heavy atom. The Morgan fingerprint density at radius 2 is 2.00 bits per heavy atom. The SMILES string of the molecule is COc1cc(C)cc2c(N3CCC(CCP(=O)(O)O)CC3)ncnc12. The van der Waals surface area contributed by atoms with Crippen LogP contribution in [0.25, 0.3) is 10.9 Å². The highest BCUT2D eigenvalue weighted by atomic mass is 31.2. The van der Waals surface area contributed by atoms with Crippen LogP contribution in [0.3, 0.4) is 0 Å². The van der Waals surface area contributed by atoms with Gasteiger partial charge in [0.1, 0.15) is 23.4 Å². The van der Waals surface area contributed by atoms with E-state index in [4.69, 9.17) is 14.5 Å². The molecule has 1 aromatic carbocycles. The minimum atomic E-state index is -3.90. The summed E-state index contributed by atoms with van der Waals surface area (Å²) >= 11 is 0. The highest BCUT2D eigenvalue weighted by Gasteiger charge is 2.24. The summed E-state index contributed by atoms with van der Waals surface area (Å²) in [6, 6.07) is 4.04. The highest BCUT2D eigenvalue weighted by molar-refractivity contribution is 7.51. The van der Waals surface area contributed by atoms with Crippen LogP contribution in [0.15, 0.2) is 18.5 Å². The van der Waals surface area contributed by atoms with Gasteiger partial charge in [-0.25, -0.2) is 9.97 Å². The highest BCUT2D eigenvalue weighted by Crippen LogP contribution is 2.38. The lowest BCUT2D eigenvalue weighted by molar-refractivity contribution is 0.350. The fraction of sp³-hybridized carbons (Fsp3) is 0.529. The predicted molar refractivity (Wildman–Crippen MR) is 97.3 cm³/mol. The van der Waals surface area contributed by atoms with Gasteiger partial charge in [-0.2, -0.15) is 0 Å². The Labute approximate surface area is 147 Å². The third kappa shape index (κ3) is 4.29. The van der Waals surface area contributed by atoms with E-state index in [2.05, 4.69) is 20.9 Å². The molecule has 25 heavy (non-hydrogen) atoms. The van der Waals surface area contributed by atoms with Crippen molar-refractivity contribution in [2.75, 3.05) is 31.3 Å². The Balaban J connectivity index is 1.78. The number of anilines is 1. The van der Waals surface area contributed by atoms with E-state index in [0.29, 0.717) is 12.3 Å². The van der Waals surface area contributed by atoms with Crippen molar-refractivity contribution in [3.05, 3.63) is 24.0 Å². The molecule has 1 aromatic heterocycles. The molecule has 0 spiro atoms. The van der Waals surface area contributed by atoms with Gasteiger partial charge in [0.2, 0.25) is 0 Å². The molecule has 8 heteroatoms. The van der Waals surface area contributed by atoms with E-state index in [0.717, 1.165) is 54.0 Å². The standard InChI is InChI=1S/C17H24N3O4P/c1-12-9-14-16(15(10-12)24-2)18-11-19-17(14)20-6-3-13(4-7-20)5-8-25(21,22)23/h9-11,13H,3-8H2,1-2H3,(H2,21,22,23). The van der Waals surface area contributed by atoms with Crippen LogP contribution in [0.1, 0.15) is 24.8 Å². The molecule has 7 nitrogen and oxygen atoms in total. The van der Waals surface area contributed by atoms with Crippen molar-refractivity contribution in [3.8, 4) is 5.75 Å². The summed E-state index contributed by atoms with van der Waals surface area (Å²) in [7, 11) is -2.26. The number of fused-ring (bicyclic) bond motifs is 1. The smallest absolute Gasteiger partial charge is 0.325 e. The average Bonchev–Trinajstić information content (AvgIpc) is 2.58. The summed E-state index contributed by atoms with van der Waals surface area (Å²) in [5, 5.41) is 0.980. The monoisotopic (exact) mass is 365 g/mol. The quantitative estimate of drug-likeness (QED) is 0.787. The number of aryl methyl sites for hydroxylation is 1. The molecule has 2 N–H and O–H groups in total. The molecule has 0 amide bonds. The summed E-state index contributed by atoms with van der Waals surface area (Å²) in [5.74, 6) is 2.00. The molecule has 2 aromatic rings. The molecule has 136 valence electrons. The third-order valence-electron chi connectivity index (χ3n) is 4.79. The molecule has 1 saturated heterocycles. The second-order valence-electron chi connectivity index (χ2n) is 6.67. The Kier molecular flexibility index (Phi) is 5.27. The minimum Gasteiger partial charge on any atom is -0.494 e. The zero-order valence-corrected chi connectivity index (χ0v) is 15.4. The number of aromatic nitrogens is 2. The largest absolute Gasteiger partial charge is 0.494 e. The van der Waals surface area contributed by atoms with Crippen molar-refractivity contribution in [2.45, 2.75) is 26.2 Å². The van der Waals surface area contributed by atoms with Gasteiger partial charge in [-0.15, -0.1) is 0 Å². The predicted octanol–water partition coefficient (Wildman–Crippen LogP) is 2.73. The third-order valence-corrected chi connectivity index (χ3v) is 5.63. The minimum absolute atomic E-state index is 0.0233. The number of nitrogens with zero attached hydrogens (tertiary/aromatic N) is 3. The van der Waals surface area contributed by atoms with Gasteiger partial charge in [0.15, 0.2) is 0 Å². The molecular weight excluding hydrogens is 341 g/mol. The molecule has 1 aliphatic heterocycles. The second-order valence-corrected chi connectivity index (χ2v) is 8.44. The van der Waals surface area contributed by atoms with Gasteiger partial charge < -0.3 is 19.4 Å². The van der Waals surface area contributed by atoms with Gasteiger partial charge in [0, 0.05) is 18.5 Å². The van der Waals surface area contributed by atoms with Crippen LogP contribution in [0.5, 0.6) is 5.75 Å². The summed E-state index contributed by atoms with van der Waals surface area (Å²) in [6.45, 7) is 3.68. The Morgan fingerprint density at radius 1 is 1.28 bits per heavy atom. The van der Waals surface area contributed by atoms with Crippen LogP contribution in [0.2, 0.25) is 0 Å². The lowest BCUT2D eigenvalue weighted by Gasteiger charge is -2.33. The maximum Gasteiger partial charge on any atom is 0.325 e. The molecule has 0 bridgehead atoms. The lowest BCUT2D eigenvalue weighted by atomic mass is 9.94.